The Bertz CT molecular complexity index is 850. The monoisotopic (exact) mass is 362 g/mol. The number of methoxy groups -OCH3 is 1. The minimum atomic E-state index is -3.49. The lowest BCUT2D eigenvalue weighted by atomic mass is 10.2. The highest BCUT2D eigenvalue weighted by atomic mass is 32.2. The summed E-state index contributed by atoms with van der Waals surface area (Å²) in [7, 11) is -1.94. The van der Waals surface area contributed by atoms with Gasteiger partial charge >= 0.3 is 0 Å². The molecule has 25 heavy (non-hydrogen) atoms. The zero-order chi connectivity index (χ0) is 18.4. The molecule has 0 aromatic heterocycles. The fourth-order valence-electron chi connectivity index (χ4n) is 2.44. The molecule has 0 aliphatic rings. The number of hydrogen-bond acceptors (Lipinski definition) is 4. The Labute approximate surface area is 148 Å². The molecule has 2 rings (SSSR count). The minimum absolute atomic E-state index is 0.0403. The second kappa shape index (κ2) is 8.02. The van der Waals surface area contributed by atoms with E-state index < -0.39 is 10.0 Å². The smallest absolute Gasteiger partial charge is 0.232 e. The van der Waals surface area contributed by atoms with Crippen LogP contribution < -0.4 is 14.4 Å². The van der Waals surface area contributed by atoms with Crippen molar-refractivity contribution in [3.8, 4) is 5.75 Å². The molecule has 0 spiro atoms. The summed E-state index contributed by atoms with van der Waals surface area (Å²) in [5.41, 5.74) is 2.02. The highest BCUT2D eigenvalue weighted by molar-refractivity contribution is 7.92. The van der Waals surface area contributed by atoms with Crippen LogP contribution in [0.4, 0.5) is 11.4 Å². The predicted molar refractivity (Wildman–Crippen MR) is 99.6 cm³/mol. The van der Waals surface area contributed by atoms with Gasteiger partial charge in [0.25, 0.3) is 0 Å². The van der Waals surface area contributed by atoms with E-state index in [1.54, 1.807) is 43.5 Å². The molecule has 0 bridgehead atoms. The van der Waals surface area contributed by atoms with Gasteiger partial charge in [-0.05, 0) is 30.7 Å². The van der Waals surface area contributed by atoms with Crippen LogP contribution in [0.2, 0.25) is 0 Å². The largest absolute Gasteiger partial charge is 0.497 e. The van der Waals surface area contributed by atoms with Crippen molar-refractivity contribution < 1.29 is 17.9 Å². The lowest BCUT2D eigenvalue weighted by molar-refractivity contribution is -0.116. The zero-order valence-corrected chi connectivity index (χ0v) is 15.3. The number of carbonyl (C=O) groups excluding carboxylic acids is 1. The van der Waals surface area contributed by atoms with E-state index in [2.05, 4.69) is 5.32 Å². The number of nitrogens with one attached hydrogen (secondary N) is 1. The Kier molecular flexibility index (Phi) is 6.03. The van der Waals surface area contributed by atoms with Gasteiger partial charge in [-0.2, -0.15) is 0 Å². The molecule has 0 atom stereocenters. The maximum atomic E-state index is 12.2. The van der Waals surface area contributed by atoms with Gasteiger partial charge in [-0.15, -0.1) is 0 Å². The fraction of sp³-hybridized carbons (Fsp3) is 0.278. The number of rotatable bonds is 7. The fourth-order valence-corrected chi connectivity index (χ4v) is 3.42. The summed E-state index contributed by atoms with van der Waals surface area (Å²) in [6.07, 6.45) is 1.18. The number of nitrogens with zero attached hydrogens (tertiary/aromatic N) is 1. The van der Waals surface area contributed by atoms with Crippen LogP contribution in [0, 0.1) is 6.92 Å². The molecule has 0 aliphatic heterocycles. The predicted octanol–water partition coefficient (Wildman–Crippen LogP) is 2.80. The molecule has 7 heteroatoms. The molecule has 134 valence electrons. The van der Waals surface area contributed by atoms with Gasteiger partial charge < -0.3 is 10.1 Å². The van der Waals surface area contributed by atoms with Gasteiger partial charge in [0, 0.05) is 24.7 Å². The van der Waals surface area contributed by atoms with Crippen molar-refractivity contribution in [3.63, 3.8) is 0 Å². The topological polar surface area (TPSA) is 75.7 Å². The maximum Gasteiger partial charge on any atom is 0.232 e. The maximum absolute atomic E-state index is 12.2. The Balaban J connectivity index is 2.08. The van der Waals surface area contributed by atoms with E-state index in [1.807, 2.05) is 19.1 Å². The molecule has 1 amide bonds. The number of aryl methyl sites for hydroxylation is 1. The minimum Gasteiger partial charge on any atom is -0.497 e. The normalized spacial score (nSPS) is 11.0. The molecule has 0 aliphatic carbocycles. The molecule has 2 aromatic rings. The summed E-state index contributed by atoms with van der Waals surface area (Å²) >= 11 is 0. The molecule has 2 aromatic carbocycles. The number of amides is 1. The molecule has 0 heterocycles. The van der Waals surface area contributed by atoms with Crippen molar-refractivity contribution in [1.82, 2.24) is 0 Å². The summed E-state index contributed by atoms with van der Waals surface area (Å²) < 4.78 is 30.6. The number of carbonyl (C=O) groups is 1. The molecule has 0 saturated carbocycles. The first-order valence-electron chi connectivity index (χ1n) is 7.78. The van der Waals surface area contributed by atoms with Gasteiger partial charge in [-0.25, -0.2) is 8.42 Å². The van der Waals surface area contributed by atoms with E-state index in [4.69, 9.17) is 4.74 Å². The van der Waals surface area contributed by atoms with E-state index in [9.17, 15) is 13.2 Å². The Morgan fingerprint density at radius 2 is 1.88 bits per heavy atom. The average Bonchev–Trinajstić information content (AvgIpc) is 2.55. The second-order valence-corrected chi connectivity index (χ2v) is 7.56. The lowest BCUT2D eigenvalue weighted by Gasteiger charge is -2.23. The van der Waals surface area contributed by atoms with Crippen LogP contribution >= 0.6 is 0 Å². The molecule has 0 unspecified atom stereocenters. The Morgan fingerprint density at radius 3 is 2.52 bits per heavy atom. The summed E-state index contributed by atoms with van der Waals surface area (Å²) in [6.45, 7) is 1.91. The third kappa shape index (κ3) is 5.22. The van der Waals surface area contributed by atoms with E-state index in [1.165, 1.54) is 4.31 Å². The molecule has 6 nitrogen and oxygen atoms in total. The average molecular weight is 362 g/mol. The van der Waals surface area contributed by atoms with Crippen LogP contribution in [0.5, 0.6) is 5.75 Å². The van der Waals surface area contributed by atoms with Gasteiger partial charge in [0.1, 0.15) is 5.75 Å². The van der Waals surface area contributed by atoms with Gasteiger partial charge in [0.05, 0.1) is 19.1 Å². The van der Waals surface area contributed by atoms with Crippen LogP contribution in [0.25, 0.3) is 0 Å². The first kappa shape index (κ1) is 18.8. The summed E-state index contributed by atoms with van der Waals surface area (Å²) in [5, 5.41) is 2.75. The second-order valence-electron chi connectivity index (χ2n) is 5.65. The van der Waals surface area contributed by atoms with Crippen molar-refractivity contribution in [2.75, 3.05) is 29.5 Å². The quantitative estimate of drug-likeness (QED) is 0.822. The third-order valence-corrected chi connectivity index (χ3v) is 4.86. The van der Waals surface area contributed by atoms with Crippen molar-refractivity contribution in [3.05, 3.63) is 54.1 Å². The number of ether oxygens (including phenoxy) is 1. The van der Waals surface area contributed by atoms with Crippen LogP contribution in [0.3, 0.4) is 0 Å². The molecule has 0 radical (unpaired) electrons. The zero-order valence-electron chi connectivity index (χ0n) is 14.5. The summed E-state index contributed by atoms with van der Waals surface area (Å²) in [6, 6.07) is 14.2. The van der Waals surface area contributed by atoms with Gasteiger partial charge in [-0.1, -0.05) is 24.3 Å². The van der Waals surface area contributed by atoms with E-state index in [0.717, 1.165) is 11.8 Å². The number of benzene rings is 2. The third-order valence-electron chi connectivity index (χ3n) is 3.68. The number of hydrogen-bond donors (Lipinski definition) is 1. The SMILES string of the molecule is COc1cccc(NC(=O)CCN(c2ccccc2C)S(C)(=O)=O)c1. The van der Waals surface area contributed by atoms with E-state index in [0.29, 0.717) is 17.1 Å². The number of sulfonamides is 1. The Morgan fingerprint density at radius 1 is 1.16 bits per heavy atom. The van der Waals surface area contributed by atoms with Crippen molar-refractivity contribution in [2.24, 2.45) is 0 Å². The van der Waals surface area contributed by atoms with E-state index >= 15 is 0 Å². The first-order chi connectivity index (χ1) is 11.8. The van der Waals surface area contributed by atoms with Crippen molar-refractivity contribution in [1.29, 1.82) is 0 Å². The van der Waals surface area contributed by atoms with Gasteiger partial charge in [0.2, 0.25) is 15.9 Å². The molecule has 1 N–H and O–H groups in total. The number of para-hydroxylation sites is 1. The standard InChI is InChI=1S/C18H22N2O4S/c1-14-7-4-5-10-17(14)20(25(3,22)23)12-11-18(21)19-15-8-6-9-16(13-15)24-2/h4-10,13H,11-12H2,1-3H3,(H,19,21). The lowest BCUT2D eigenvalue weighted by Crippen LogP contribution is -2.33. The highest BCUT2D eigenvalue weighted by Gasteiger charge is 2.20. The Hall–Kier alpha value is -2.54. The van der Waals surface area contributed by atoms with Crippen molar-refractivity contribution >= 4 is 27.3 Å². The van der Waals surface area contributed by atoms with Crippen LogP contribution in [-0.2, 0) is 14.8 Å². The molecule has 0 saturated heterocycles. The van der Waals surface area contributed by atoms with Gasteiger partial charge in [0.15, 0.2) is 0 Å². The molecule has 0 fully saturated rings. The van der Waals surface area contributed by atoms with Crippen LogP contribution in [0.15, 0.2) is 48.5 Å². The molecular formula is C18H22N2O4S. The van der Waals surface area contributed by atoms with Crippen LogP contribution in [0.1, 0.15) is 12.0 Å². The van der Waals surface area contributed by atoms with Crippen molar-refractivity contribution in [2.45, 2.75) is 13.3 Å². The summed E-state index contributed by atoms with van der Waals surface area (Å²) in [5.74, 6) is 0.367. The summed E-state index contributed by atoms with van der Waals surface area (Å²) in [4.78, 5) is 12.2. The number of anilines is 2. The van der Waals surface area contributed by atoms with Crippen LogP contribution in [-0.4, -0.2) is 34.2 Å². The van der Waals surface area contributed by atoms with E-state index in [-0.39, 0.29) is 18.9 Å². The molecular weight excluding hydrogens is 340 g/mol. The van der Waals surface area contributed by atoms with Gasteiger partial charge in [-0.3, -0.25) is 9.10 Å². The first-order valence-corrected chi connectivity index (χ1v) is 9.63. The highest BCUT2D eigenvalue weighted by Crippen LogP contribution is 2.22.